The monoisotopic (exact) mass is 317 g/mol. The predicted octanol–water partition coefficient (Wildman–Crippen LogP) is 3.97. The molecule has 0 aliphatic carbocycles. The van der Waals surface area contributed by atoms with E-state index in [1.54, 1.807) is 0 Å². The van der Waals surface area contributed by atoms with E-state index >= 15 is 0 Å². The van der Waals surface area contributed by atoms with Crippen molar-refractivity contribution < 1.29 is 4.74 Å². The van der Waals surface area contributed by atoms with Crippen molar-refractivity contribution >= 4 is 11.8 Å². The van der Waals surface area contributed by atoms with Gasteiger partial charge < -0.3 is 4.74 Å². The van der Waals surface area contributed by atoms with Crippen molar-refractivity contribution in [2.75, 3.05) is 18.1 Å². The SMILES string of the molecule is CCOc1ccc(-c2nc(CC)nn2C2CCCSC2)cc1. The smallest absolute Gasteiger partial charge is 0.158 e. The zero-order valence-corrected chi connectivity index (χ0v) is 14.1. The first kappa shape index (κ1) is 15.4. The molecule has 1 aromatic carbocycles. The van der Waals surface area contributed by atoms with Gasteiger partial charge in [-0.2, -0.15) is 16.9 Å². The van der Waals surface area contributed by atoms with Crippen LogP contribution in [0, 0.1) is 0 Å². The second-order valence-electron chi connectivity index (χ2n) is 5.48. The highest BCUT2D eigenvalue weighted by Crippen LogP contribution is 2.30. The number of aromatic nitrogens is 3. The molecule has 1 aromatic heterocycles. The Labute approximate surface area is 136 Å². The molecule has 1 aliphatic heterocycles. The van der Waals surface area contributed by atoms with Crippen LogP contribution in [0.25, 0.3) is 11.4 Å². The van der Waals surface area contributed by atoms with Crippen LogP contribution in [0.5, 0.6) is 5.75 Å². The van der Waals surface area contributed by atoms with Crippen LogP contribution in [0.4, 0.5) is 0 Å². The summed E-state index contributed by atoms with van der Waals surface area (Å²) >= 11 is 2.02. The number of nitrogens with zero attached hydrogens (tertiary/aromatic N) is 3. The minimum Gasteiger partial charge on any atom is -0.494 e. The van der Waals surface area contributed by atoms with E-state index in [4.69, 9.17) is 14.8 Å². The number of ether oxygens (including phenoxy) is 1. The molecule has 22 heavy (non-hydrogen) atoms. The highest BCUT2D eigenvalue weighted by Gasteiger charge is 2.21. The van der Waals surface area contributed by atoms with Gasteiger partial charge in [0.05, 0.1) is 12.6 Å². The summed E-state index contributed by atoms with van der Waals surface area (Å²) in [5, 5.41) is 4.75. The third-order valence-corrected chi connectivity index (χ3v) is 5.09. The van der Waals surface area contributed by atoms with E-state index < -0.39 is 0 Å². The maximum absolute atomic E-state index is 5.52. The zero-order valence-electron chi connectivity index (χ0n) is 13.3. The lowest BCUT2D eigenvalue weighted by molar-refractivity contribution is 0.340. The summed E-state index contributed by atoms with van der Waals surface area (Å²) in [6, 6.07) is 8.66. The molecule has 118 valence electrons. The first-order valence-electron chi connectivity index (χ1n) is 8.08. The number of rotatable bonds is 5. The molecular weight excluding hydrogens is 294 g/mol. The molecule has 3 rings (SSSR count). The van der Waals surface area contributed by atoms with E-state index in [9.17, 15) is 0 Å². The van der Waals surface area contributed by atoms with Gasteiger partial charge in [0, 0.05) is 17.7 Å². The fraction of sp³-hybridized carbons (Fsp3) is 0.529. The van der Waals surface area contributed by atoms with Gasteiger partial charge in [-0.1, -0.05) is 6.92 Å². The largest absolute Gasteiger partial charge is 0.494 e. The maximum atomic E-state index is 5.52. The van der Waals surface area contributed by atoms with Gasteiger partial charge in [-0.05, 0) is 49.8 Å². The summed E-state index contributed by atoms with van der Waals surface area (Å²) in [5.41, 5.74) is 1.12. The van der Waals surface area contributed by atoms with Crippen LogP contribution in [-0.2, 0) is 6.42 Å². The Bertz CT molecular complexity index is 603. The summed E-state index contributed by atoms with van der Waals surface area (Å²) in [6.45, 7) is 4.80. The number of aryl methyl sites for hydroxylation is 1. The molecule has 0 saturated carbocycles. The zero-order chi connectivity index (χ0) is 15.4. The normalized spacial score (nSPS) is 18.4. The molecule has 0 radical (unpaired) electrons. The lowest BCUT2D eigenvalue weighted by Gasteiger charge is -2.22. The summed E-state index contributed by atoms with van der Waals surface area (Å²) in [6.07, 6.45) is 3.33. The summed E-state index contributed by atoms with van der Waals surface area (Å²) in [4.78, 5) is 4.75. The lowest BCUT2D eigenvalue weighted by Crippen LogP contribution is -2.18. The molecule has 5 heteroatoms. The minimum atomic E-state index is 0.466. The number of hydrogen-bond acceptors (Lipinski definition) is 4. The van der Waals surface area contributed by atoms with Crippen LogP contribution in [0.3, 0.4) is 0 Å². The molecule has 2 heterocycles. The molecular formula is C17H23N3OS. The third kappa shape index (κ3) is 3.29. The van der Waals surface area contributed by atoms with Gasteiger partial charge in [0.15, 0.2) is 11.6 Å². The molecule has 0 amide bonds. The van der Waals surface area contributed by atoms with Crippen molar-refractivity contribution in [3.8, 4) is 17.1 Å². The third-order valence-electron chi connectivity index (χ3n) is 3.90. The van der Waals surface area contributed by atoms with Gasteiger partial charge in [0.25, 0.3) is 0 Å². The fourth-order valence-electron chi connectivity index (χ4n) is 2.75. The van der Waals surface area contributed by atoms with Crippen LogP contribution in [-0.4, -0.2) is 32.9 Å². The van der Waals surface area contributed by atoms with Crippen molar-refractivity contribution in [2.45, 2.75) is 39.2 Å². The fourth-order valence-corrected chi connectivity index (χ4v) is 3.87. The Balaban J connectivity index is 1.92. The first-order chi connectivity index (χ1) is 10.8. The summed E-state index contributed by atoms with van der Waals surface area (Å²) in [5.74, 6) is 5.23. The van der Waals surface area contributed by atoms with Gasteiger partial charge in [-0.15, -0.1) is 0 Å². The molecule has 1 atom stereocenters. The minimum absolute atomic E-state index is 0.466. The van der Waals surface area contributed by atoms with E-state index in [2.05, 4.69) is 23.7 Å². The molecule has 0 spiro atoms. The van der Waals surface area contributed by atoms with Crippen molar-refractivity contribution in [3.63, 3.8) is 0 Å². The average Bonchev–Trinajstić information content (AvgIpc) is 3.01. The standard InChI is InChI=1S/C17H23N3OS/c1-3-16-18-17(13-7-9-15(10-8-13)21-4-2)20(19-16)14-6-5-11-22-12-14/h7-10,14H,3-6,11-12H2,1-2H3. The van der Waals surface area contributed by atoms with Gasteiger partial charge >= 0.3 is 0 Å². The van der Waals surface area contributed by atoms with Crippen LogP contribution >= 0.6 is 11.8 Å². The highest BCUT2D eigenvalue weighted by atomic mass is 32.2. The summed E-state index contributed by atoms with van der Waals surface area (Å²) < 4.78 is 7.68. The summed E-state index contributed by atoms with van der Waals surface area (Å²) in [7, 11) is 0. The van der Waals surface area contributed by atoms with Gasteiger partial charge in [0.2, 0.25) is 0 Å². The molecule has 1 fully saturated rings. The maximum Gasteiger partial charge on any atom is 0.158 e. The quantitative estimate of drug-likeness (QED) is 0.836. The van der Waals surface area contributed by atoms with Gasteiger partial charge in [-0.3, -0.25) is 0 Å². The van der Waals surface area contributed by atoms with Crippen molar-refractivity contribution in [2.24, 2.45) is 0 Å². The second-order valence-corrected chi connectivity index (χ2v) is 6.63. The van der Waals surface area contributed by atoms with Crippen LogP contribution in [0.1, 0.15) is 38.6 Å². The molecule has 1 saturated heterocycles. The molecule has 1 unspecified atom stereocenters. The Morgan fingerprint density at radius 2 is 2.09 bits per heavy atom. The highest BCUT2D eigenvalue weighted by molar-refractivity contribution is 7.99. The number of hydrogen-bond donors (Lipinski definition) is 0. The van der Waals surface area contributed by atoms with E-state index in [-0.39, 0.29) is 0 Å². The van der Waals surface area contributed by atoms with Crippen molar-refractivity contribution in [1.82, 2.24) is 14.8 Å². The number of thioether (sulfide) groups is 1. The molecule has 0 bridgehead atoms. The molecule has 2 aromatic rings. The van der Waals surface area contributed by atoms with Gasteiger partial charge in [-0.25, -0.2) is 9.67 Å². The lowest BCUT2D eigenvalue weighted by atomic mass is 10.1. The molecule has 0 N–H and O–H groups in total. The van der Waals surface area contributed by atoms with Crippen LogP contribution in [0.15, 0.2) is 24.3 Å². The second kappa shape index (κ2) is 7.18. The first-order valence-corrected chi connectivity index (χ1v) is 9.23. The van der Waals surface area contributed by atoms with Crippen molar-refractivity contribution in [1.29, 1.82) is 0 Å². The average molecular weight is 317 g/mol. The Morgan fingerprint density at radius 1 is 1.27 bits per heavy atom. The Kier molecular flexibility index (Phi) is 5.03. The molecule has 1 aliphatic rings. The van der Waals surface area contributed by atoms with E-state index in [0.717, 1.165) is 35.1 Å². The van der Waals surface area contributed by atoms with E-state index in [1.165, 1.54) is 18.6 Å². The Morgan fingerprint density at radius 3 is 2.73 bits per heavy atom. The Hall–Kier alpha value is -1.49. The topological polar surface area (TPSA) is 39.9 Å². The van der Waals surface area contributed by atoms with Crippen molar-refractivity contribution in [3.05, 3.63) is 30.1 Å². The van der Waals surface area contributed by atoms with Gasteiger partial charge in [0.1, 0.15) is 5.75 Å². The number of benzene rings is 1. The van der Waals surface area contributed by atoms with Crippen LogP contribution in [0.2, 0.25) is 0 Å². The predicted molar refractivity (Wildman–Crippen MR) is 91.6 cm³/mol. The van der Waals surface area contributed by atoms with Crippen LogP contribution < -0.4 is 4.74 Å². The van der Waals surface area contributed by atoms with E-state index in [0.29, 0.717) is 12.6 Å². The molecule has 4 nitrogen and oxygen atoms in total. The van der Waals surface area contributed by atoms with E-state index in [1.807, 2.05) is 30.8 Å².